The van der Waals surface area contributed by atoms with Gasteiger partial charge in [0.2, 0.25) is 0 Å². The second kappa shape index (κ2) is 7.19. The van der Waals surface area contributed by atoms with Crippen LogP contribution in [0.4, 0.5) is 0 Å². The maximum absolute atomic E-state index is 11.5. The minimum Gasteiger partial charge on any atom is -0.459 e. The number of methoxy groups -OCH3 is 1. The number of aromatic nitrogens is 2. The molecule has 0 unspecified atom stereocenters. The fourth-order valence-electron chi connectivity index (χ4n) is 2.90. The van der Waals surface area contributed by atoms with Gasteiger partial charge in [0.1, 0.15) is 5.69 Å². The van der Waals surface area contributed by atoms with Gasteiger partial charge in [-0.05, 0) is 29.0 Å². The number of rotatable bonds is 2. The van der Waals surface area contributed by atoms with E-state index in [9.17, 15) is 4.79 Å². The first-order valence-electron chi connectivity index (χ1n) is 8.49. The van der Waals surface area contributed by atoms with Gasteiger partial charge in [0, 0.05) is 17.7 Å². The number of nitrogens with zero attached hydrogens (tertiary/aromatic N) is 2. The van der Waals surface area contributed by atoms with Gasteiger partial charge in [-0.3, -0.25) is 0 Å². The molecular weight excluding hydrogens is 336 g/mol. The Labute approximate surface area is 157 Å². The van der Waals surface area contributed by atoms with Crippen LogP contribution in [0.25, 0.3) is 27.7 Å². The maximum atomic E-state index is 11.5. The molecule has 0 spiro atoms. The number of carbonyl (C=O) groups excluding carboxylic acids is 1. The lowest BCUT2D eigenvalue weighted by Gasteiger charge is -2.02. The third-order valence-corrected chi connectivity index (χ3v) is 4.24. The smallest absolute Gasteiger partial charge is 0.384 e. The van der Waals surface area contributed by atoms with Crippen LogP contribution in [0.15, 0.2) is 79.0 Å². The number of fused-ring (bicyclic) bond motifs is 1. The Balaban J connectivity index is 1.86. The molecule has 27 heavy (non-hydrogen) atoms. The third kappa shape index (κ3) is 3.44. The molecular formula is C23H16N2O2. The number of ether oxygens (including phenoxy) is 1. The fraction of sp³-hybridized carbons (Fsp3) is 0.0435. The van der Waals surface area contributed by atoms with Gasteiger partial charge in [0.25, 0.3) is 0 Å². The highest BCUT2D eigenvalue weighted by molar-refractivity contribution is 5.90. The van der Waals surface area contributed by atoms with E-state index in [1.807, 2.05) is 54.7 Å². The van der Waals surface area contributed by atoms with Crippen molar-refractivity contribution < 1.29 is 9.53 Å². The van der Waals surface area contributed by atoms with Crippen LogP contribution >= 0.6 is 0 Å². The summed E-state index contributed by atoms with van der Waals surface area (Å²) in [4.78, 5) is 11.5. The van der Waals surface area contributed by atoms with Gasteiger partial charge in [-0.25, -0.2) is 9.48 Å². The van der Waals surface area contributed by atoms with Gasteiger partial charge < -0.3 is 4.74 Å². The van der Waals surface area contributed by atoms with Crippen molar-refractivity contribution in [2.45, 2.75) is 0 Å². The first-order chi connectivity index (χ1) is 13.2. The van der Waals surface area contributed by atoms with Gasteiger partial charge in [0.15, 0.2) is 0 Å². The lowest BCUT2D eigenvalue weighted by molar-refractivity contribution is -0.133. The minimum atomic E-state index is -0.577. The molecule has 0 bridgehead atoms. The molecule has 4 heteroatoms. The normalized spacial score (nSPS) is 10.3. The first kappa shape index (κ1) is 16.6. The molecule has 4 nitrogen and oxygen atoms in total. The van der Waals surface area contributed by atoms with E-state index in [1.165, 1.54) is 7.11 Å². The summed E-state index contributed by atoms with van der Waals surface area (Å²) in [5.74, 6) is 4.81. The van der Waals surface area contributed by atoms with Crippen molar-refractivity contribution in [3.63, 3.8) is 0 Å². The van der Waals surface area contributed by atoms with Crippen LogP contribution in [0, 0.1) is 11.8 Å². The molecule has 4 rings (SSSR count). The number of esters is 1. The lowest BCUT2D eigenvalue weighted by atomic mass is 10.0. The van der Waals surface area contributed by atoms with Crippen molar-refractivity contribution in [3.8, 4) is 28.8 Å². The van der Waals surface area contributed by atoms with E-state index >= 15 is 0 Å². The van der Waals surface area contributed by atoms with Crippen LogP contribution in [0.3, 0.4) is 0 Å². The Morgan fingerprint density at radius 3 is 2.48 bits per heavy atom. The van der Waals surface area contributed by atoms with E-state index in [-0.39, 0.29) is 0 Å². The summed E-state index contributed by atoms with van der Waals surface area (Å²) in [6.45, 7) is 0. The van der Waals surface area contributed by atoms with Crippen molar-refractivity contribution in [3.05, 3.63) is 84.6 Å². The highest BCUT2D eigenvalue weighted by Crippen LogP contribution is 2.26. The standard InChI is InChI=1S/C23H16N2O2/c1-27-22(26)14-13-20-16-25(21-9-3-2-4-10-21)24-23(20)19-12-11-17-7-5-6-8-18(17)15-19/h2-12,15-16H,1H3. The lowest BCUT2D eigenvalue weighted by Crippen LogP contribution is -1.94. The molecule has 0 aliphatic heterocycles. The summed E-state index contributed by atoms with van der Waals surface area (Å²) in [6, 6.07) is 24.1. The Hall–Kier alpha value is -3.84. The van der Waals surface area contributed by atoms with Crippen LogP contribution in [0.1, 0.15) is 5.56 Å². The van der Waals surface area contributed by atoms with Gasteiger partial charge in [0.05, 0.1) is 18.4 Å². The highest BCUT2D eigenvalue weighted by Gasteiger charge is 2.12. The zero-order chi connectivity index (χ0) is 18.6. The van der Waals surface area contributed by atoms with E-state index in [0.29, 0.717) is 5.56 Å². The SMILES string of the molecule is COC(=O)C#Cc1cn(-c2ccccc2)nc1-c1ccc2ccccc2c1. The van der Waals surface area contributed by atoms with Crippen LogP contribution < -0.4 is 0 Å². The predicted molar refractivity (Wildman–Crippen MR) is 105 cm³/mol. The molecule has 0 N–H and O–H groups in total. The monoisotopic (exact) mass is 352 g/mol. The molecule has 4 aromatic rings. The molecule has 0 atom stereocenters. The largest absolute Gasteiger partial charge is 0.459 e. The van der Waals surface area contributed by atoms with Crippen molar-refractivity contribution in [1.82, 2.24) is 9.78 Å². The molecule has 1 aromatic heterocycles. The summed E-state index contributed by atoms with van der Waals surface area (Å²) >= 11 is 0. The predicted octanol–water partition coefficient (Wildman–Crippen LogP) is 4.22. The second-order valence-electron chi connectivity index (χ2n) is 5.98. The van der Waals surface area contributed by atoms with Crippen molar-refractivity contribution in [2.75, 3.05) is 7.11 Å². The first-order valence-corrected chi connectivity index (χ1v) is 8.49. The summed E-state index contributed by atoms with van der Waals surface area (Å²) in [5, 5.41) is 7.00. The van der Waals surface area contributed by atoms with Crippen LogP contribution in [0.5, 0.6) is 0 Å². The number of para-hydroxylation sites is 1. The molecule has 3 aromatic carbocycles. The van der Waals surface area contributed by atoms with Crippen molar-refractivity contribution >= 4 is 16.7 Å². The second-order valence-corrected chi connectivity index (χ2v) is 5.98. The van der Waals surface area contributed by atoms with E-state index in [2.05, 4.69) is 40.8 Å². The zero-order valence-corrected chi connectivity index (χ0v) is 14.7. The molecule has 1 heterocycles. The van der Waals surface area contributed by atoms with E-state index in [1.54, 1.807) is 4.68 Å². The van der Waals surface area contributed by atoms with Crippen LogP contribution in [-0.2, 0) is 9.53 Å². The van der Waals surface area contributed by atoms with Gasteiger partial charge in [-0.1, -0.05) is 60.5 Å². The summed E-state index contributed by atoms with van der Waals surface area (Å²) in [6.07, 6.45) is 1.83. The van der Waals surface area contributed by atoms with Crippen molar-refractivity contribution in [1.29, 1.82) is 0 Å². The maximum Gasteiger partial charge on any atom is 0.384 e. The number of carbonyl (C=O) groups is 1. The zero-order valence-electron chi connectivity index (χ0n) is 14.7. The molecule has 0 fully saturated rings. The van der Waals surface area contributed by atoms with Gasteiger partial charge in [-0.15, -0.1) is 0 Å². The fourth-order valence-corrected chi connectivity index (χ4v) is 2.90. The number of hydrogen-bond donors (Lipinski definition) is 0. The van der Waals surface area contributed by atoms with E-state index in [4.69, 9.17) is 5.10 Å². The van der Waals surface area contributed by atoms with Gasteiger partial charge in [-0.2, -0.15) is 5.10 Å². The summed E-state index contributed by atoms with van der Waals surface area (Å²) in [5.41, 5.74) is 3.25. The Morgan fingerprint density at radius 1 is 0.963 bits per heavy atom. The summed E-state index contributed by atoms with van der Waals surface area (Å²) in [7, 11) is 1.31. The molecule has 0 radical (unpaired) electrons. The molecule has 0 amide bonds. The topological polar surface area (TPSA) is 44.1 Å². The molecule has 0 saturated heterocycles. The summed E-state index contributed by atoms with van der Waals surface area (Å²) < 4.78 is 6.40. The quantitative estimate of drug-likeness (QED) is 0.401. The van der Waals surface area contributed by atoms with Crippen LogP contribution in [-0.4, -0.2) is 22.9 Å². The number of benzene rings is 3. The average molecular weight is 352 g/mol. The van der Waals surface area contributed by atoms with Gasteiger partial charge >= 0.3 is 5.97 Å². The average Bonchev–Trinajstić information content (AvgIpc) is 3.16. The molecule has 0 saturated carbocycles. The molecule has 0 aliphatic carbocycles. The van der Waals surface area contributed by atoms with E-state index in [0.717, 1.165) is 27.7 Å². The highest BCUT2D eigenvalue weighted by atomic mass is 16.5. The van der Waals surface area contributed by atoms with E-state index < -0.39 is 5.97 Å². The molecule has 0 aliphatic rings. The Morgan fingerprint density at radius 2 is 1.70 bits per heavy atom. The molecule has 130 valence electrons. The minimum absolute atomic E-state index is 0.577. The Bertz CT molecular complexity index is 1180. The van der Waals surface area contributed by atoms with Crippen LogP contribution in [0.2, 0.25) is 0 Å². The number of hydrogen-bond acceptors (Lipinski definition) is 3. The van der Waals surface area contributed by atoms with Crippen molar-refractivity contribution in [2.24, 2.45) is 0 Å². The third-order valence-electron chi connectivity index (χ3n) is 4.24. The Kier molecular flexibility index (Phi) is 4.42.